The number of phenolic OH excluding ortho intramolecular Hbond substituents is 2. The van der Waals surface area contributed by atoms with Gasteiger partial charge in [-0.2, -0.15) is 0 Å². The molecule has 2 N–H and O–H groups in total. The van der Waals surface area contributed by atoms with E-state index in [0.29, 0.717) is 18.1 Å². The summed E-state index contributed by atoms with van der Waals surface area (Å²) >= 11 is 0. The maximum absolute atomic E-state index is 10.9. The topological polar surface area (TPSA) is 83.8 Å². The number of rotatable bonds is 4. The SMILES string of the molecule is O=Cc1ccc(C=O)c(Oc2cc(O)cc(O)c2)c1. The van der Waals surface area contributed by atoms with Crippen LogP contribution in [0.2, 0.25) is 0 Å². The van der Waals surface area contributed by atoms with Crippen molar-refractivity contribution in [2.24, 2.45) is 0 Å². The molecule has 5 nitrogen and oxygen atoms in total. The van der Waals surface area contributed by atoms with Crippen LogP contribution in [0.15, 0.2) is 36.4 Å². The van der Waals surface area contributed by atoms with Crippen LogP contribution in [0.25, 0.3) is 0 Å². The second-order valence-electron chi connectivity index (χ2n) is 3.82. The zero-order valence-corrected chi connectivity index (χ0v) is 9.74. The molecule has 0 aliphatic heterocycles. The maximum atomic E-state index is 10.9. The van der Waals surface area contributed by atoms with Crippen molar-refractivity contribution in [3.8, 4) is 23.0 Å². The quantitative estimate of drug-likeness (QED) is 0.823. The van der Waals surface area contributed by atoms with E-state index in [1.807, 2.05) is 0 Å². The molecule has 0 aromatic heterocycles. The molecule has 2 aromatic carbocycles. The lowest BCUT2D eigenvalue weighted by Crippen LogP contribution is -1.92. The average Bonchev–Trinajstić information content (AvgIpc) is 2.37. The van der Waals surface area contributed by atoms with Gasteiger partial charge in [0.25, 0.3) is 0 Å². The Morgan fingerprint density at radius 1 is 0.895 bits per heavy atom. The Morgan fingerprint density at radius 2 is 1.58 bits per heavy atom. The summed E-state index contributed by atoms with van der Waals surface area (Å²) in [6.45, 7) is 0. The zero-order valence-electron chi connectivity index (χ0n) is 9.74. The van der Waals surface area contributed by atoms with Crippen LogP contribution in [0.3, 0.4) is 0 Å². The highest BCUT2D eigenvalue weighted by Crippen LogP contribution is 2.31. The Kier molecular flexibility index (Phi) is 3.47. The summed E-state index contributed by atoms with van der Waals surface area (Å²) in [4.78, 5) is 21.6. The van der Waals surface area contributed by atoms with E-state index in [4.69, 9.17) is 4.74 Å². The molecule has 0 heterocycles. The third kappa shape index (κ3) is 2.90. The number of carbonyl (C=O) groups excluding carboxylic acids is 2. The molecule has 0 radical (unpaired) electrons. The van der Waals surface area contributed by atoms with Crippen LogP contribution < -0.4 is 4.74 Å². The molecule has 0 amide bonds. The number of hydrogen-bond acceptors (Lipinski definition) is 5. The lowest BCUT2D eigenvalue weighted by molar-refractivity contribution is 0.111. The number of aromatic hydroxyl groups is 2. The Hall–Kier alpha value is -2.82. The minimum Gasteiger partial charge on any atom is -0.508 e. The Bertz CT molecular complexity index is 613. The van der Waals surface area contributed by atoms with E-state index in [-0.39, 0.29) is 28.6 Å². The van der Waals surface area contributed by atoms with Crippen molar-refractivity contribution >= 4 is 12.6 Å². The molecule has 0 saturated carbocycles. The number of ether oxygens (including phenoxy) is 1. The maximum Gasteiger partial charge on any atom is 0.153 e. The molecule has 0 aliphatic carbocycles. The summed E-state index contributed by atoms with van der Waals surface area (Å²) in [5.41, 5.74) is 0.610. The van der Waals surface area contributed by atoms with Crippen LogP contribution in [0.1, 0.15) is 20.7 Å². The predicted molar refractivity (Wildman–Crippen MR) is 67.1 cm³/mol. The van der Waals surface area contributed by atoms with Crippen LogP contribution in [0.5, 0.6) is 23.0 Å². The first-order chi connectivity index (χ1) is 9.12. The molecule has 0 bridgehead atoms. The zero-order chi connectivity index (χ0) is 13.8. The normalized spacial score (nSPS) is 9.89. The van der Waals surface area contributed by atoms with Crippen molar-refractivity contribution in [2.45, 2.75) is 0 Å². The lowest BCUT2D eigenvalue weighted by atomic mass is 10.1. The first-order valence-electron chi connectivity index (χ1n) is 5.37. The van der Waals surface area contributed by atoms with Crippen molar-refractivity contribution in [1.82, 2.24) is 0 Å². The third-order valence-electron chi connectivity index (χ3n) is 2.40. The van der Waals surface area contributed by atoms with E-state index in [9.17, 15) is 19.8 Å². The Balaban J connectivity index is 2.41. The van der Waals surface area contributed by atoms with Gasteiger partial charge in [-0.1, -0.05) is 6.07 Å². The fraction of sp³-hybridized carbons (Fsp3) is 0. The molecule has 0 spiro atoms. The Labute approximate surface area is 108 Å². The molecule has 0 aliphatic rings. The molecule has 96 valence electrons. The van der Waals surface area contributed by atoms with Crippen LogP contribution in [-0.4, -0.2) is 22.8 Å². The summed E-state index contributed by atoms with van der Waals surface area (Å²) in [5.74, 6) is -0.0170. The first kappa shape index (κ1) is 12.6. The van der Waals surface area contributed by atoms with Gasteiger partial charge in [-0.15, -0.1) is 0 Å². The van der Waals surface area contributed by atoms with Crippen molar-refractivity contribution in [3.05, 3.63) is 47.5 Å². The van der Waals surface area contributed by atoms with Gasteiger partial charge >= 0.3 is 0 Å². The Morgan fingerprint density at radius 3 is 2.16 bits per heavy atom. The van der Waals surface area contributed by atoms with Crippen LogP contribution in [0.4, 0.5) is 0 Å². The van der Waals surface area contributed by atoms with Gasteiger partial charge in [-0.3, -0.25) is 9.59 Å². The van der Waals surface area contributed by atoms with Crippen molar-refractivity contribution in [1.29, 1.82) is 0 Å². The molecular weight excluding hydrogens is 248 g/mol. The van der Waals surface area contributed by atoms with Gasteiger partial charge in [0.2, 0.25) is 0 Å². The largest absolute Gasteiger partial charge is 0.508 e. The highest BCUT2D eigenvalue weighted by atomic mass is 16.5. The van der Waals surface area contributed by atoms with Gasteiger partial charge < -0.3 is 14.9 Å². The van der Waals surface area contributed by atoms with E-state index in [2.05, 4.69) is 0 Å². The van der Waals surface area contributed by atoms with E-state index < -0.39 is 0 Å². The average molecular weight is 258 g/mol. The molecule has 19 heavy (non-hydrogen) atoms. The van der Waals surface area contributed by atoms with Crippen molar-refractivity contribution < 1.29 is 24.5 Å². The minimum atomic E-state index is -0.172. The van der Waals surface area contributed by atoms with Gasteiger partial charge in [0.1, 0.15) is 29.3 Å². The summed E-state index contributed by atoms with van der Waals surface area (Å²) in [7, 11) is 0. The number of phenols is 2. The van der Waals surface area contributed by atoms with Gasteiger partial charge in [0, 0.05) is 23.8 Å². The summed E-state index contributed by atoms with van der Waals surface area (Å²) in [6, 6.07) is 8.05. The lowest BCUT2D eigenvalue weighted by Gasteiger charge is -2.09. The number of aldehydes is 2. The molecular formula is C14H10O5. The van der Waals surface area contributed by atoms with Crippen LogP contribution >= 0.6 is 0 Å². The molecule has 0 unspecified atom stereocenters. The first-order valence-corrected chi connectivity index (χ1v) is 5.37. The van der Waals surface area contributed by atoms with Gasteiger partial charge in [-0.25, -0.2) is 0 Å². The molecule has 0 atom stereocenters. The summed E-state index contributed by atoms with van der Waals surface area (Å²) in [5, 5.41) is 18.7. The van der Waals surface area contributed by atoms with Crippen LogP contribution in [-0.2, 0) is 0 Å². The van der Waals surface area contributed by atoms with Gasteiger partial charge in [0.05, 0.1) is 5.56 Å². The van der Waals surface area contributed by atoms with E-state index in [1.54, 1.807) is 0 Å². The van der Waals surface area contributed by atoms with E-state index in [1.165, 1.54) is 30.3 Å². The summed E-state index contributed by atoms with van der Waals surface area (Å²) in [6.07, 6.45) is 1.22. The monoisotopic (exact) mass is 258 g/mol. The fourth-order valence-electron chi connectivity index (χ4n) is 1.56. The fourth-order valence-corrected chi connectivity index (χ4v) is 1.56. The van der Waals surface area contributed by atoms with Crippen LogP contribution in [0, 0.1) is 0 Å². The molecule has 0 fully saturated rings. The third-order valence-corrected chi connectivity index (χ3v) is 2.40. The number of hydrogen-bond donors (Lipinski definition) is 2. The minimum absolute atomic E-state index is 0.156. The highest BCUT2D eigenvalue weighted by Gasteiger charge is 2.07. The standard InChI is InChI=1S/C14H10O5/c15-7-9-1-2-10(8-16)14(3-9)19-13-5-11(17)4-12(18)6-13/h1-8,17-18H. The number of benzene rings is 2. The van der Waals surface area contributed by atoms with Gasteiger partial charge in [0.15, 0.2) is 6.29 Å². The van der Waals surface area contributed by atoms with Crippen molar-refractivity contribution in [2.75, 3.05) is 0 Å². The molecule has 5 heteroatoms. The second kappa shape index (κ2) is 5.22. The second-order valence-corrected chi connectivity index (χ2v) is 3.82. The molecule has 2 aromatic rings. The van der Waals surface area contributed by atoms with E-state index in [0.717, 1.165) is 6.07 Å². The smallest absolute Gasteiger partial charge is 0.153 e. The van der Waals surface area contributed by atoms with Gasteiger partial charge in [-0.05, 0) is 12.1 Å². The molecule has 0 saturated heterocycles. The molecule has 2 rings (SSSR count). The predicted octanol–water partition coefficient (Wildman–Crippen LogP) is 2.52. The van der Waals surface area contributed by atoms with E-state index >= 15 is 0 Å². The summed E-state index contributed by atoms with van der Waals surface area (Å²) < 4.78 is 5.39. The number of carbonyl (C=O) groups is 2. The highest BCUT2D eigenvalue weighted by molar-refractivity contribution is 5.83. The van der Waals surface area contributed by atoms with Crippen molar-refractivity contribution in [3.63, 3.8) is 0 Å².